The van der Waals surface area contributed by atoms with Gasteiger partial charge in [-0.05, 0) is 30.5 Å². The Hall–Kier alpha value is -2.03. The van der Waals surface area contributed by atoms with Crippen LogP contribution in [0.5, 0.6) is 5.88 Å². The molecule has 0 amide bonds. The summed E-state index contributed by atoms with van der Waals surface area (Å²) in [6.45, 7) is 3.54. The van der Waals surface area contributed by atoms with Crippen molar-refractivity contribution in [3.8, 4) is 5.88 Å². The molecule has 1 unspecified atom stereocenters. The van der Waals surface area contributed by atoms with Crippen molar-refractivity contribution in [2.45, 2.75) is 19.3 Å². The minimum Gasteiger partial charge on any atom is -0.478 e. The van der Waals surface area contributed by atoms with Crippen LogP contribution in [0.25, 0.3) is 0 Å². The Labute approximate surface area is 113 Å². The average Bonchev–Trinajstić information content (AvgIpc) is 2.41. The number of anilines is 1. The second kappa shape index (κ2) is 5.31. The quantitative estimate of drug-likeness (QED) is 0.889. The van der Waals surface area contributed by atoms with Gasteiger partial charge >= 0.3 is 0 Å². The topological polar surface area (TPSA) is 34.1 Å². The molecular formula is C16H18N2O. The molecule has 1 aliphatic carbocycles. The number of fused-ring (bicyclic) bond motifs is 1. The first kappa shape index (κ1) is 12.0. The van der Waals surface area contributed by atoms with Crippen LogP contribution < -0.4 is 10.1 Å². The smallest absolute Gasteiger partial charge is 0.215 e. The zero-order valence-corrected chi connectivity index (χ0v) is 11.1. The zero-order valence-electron chi connectivity index (χ0n) is 11.1. The van der Waals surface area contributed by atoms with Crippen molar-refractivity contribution in [1.29, 1.82) is 0 Å². The molecule has 0 saturated heterocycles. The largest absolute Gasteiger partial charge is 0.478 e. The molecule has 1 aliphatic rings. The first-order valence-corrected chi connectivity index (χ1v) is 6.78. The van der Waals surface area contributed by atoms with E-state index in [1.807, 2.05) is 25.1 Å². The Bertz CT molecular complexity index is 568. The van der Waals surface area contributed by atoms with Gasteiger partial charge in [-0.1, -0.05) is 30.3 Å². The van der Waals surface area contributed by atoms with Gasteiger partial charge in [0.1, 0.15) is 5.82 Å². The van der Waals surface area contributed by atoms with Crippen molar-refractivity contribution in [3.63, 3.8) is 0 Å². The Morgan fingerprint density at radius 1 is 1.21 bits per heavy atom. The molecule has 98 valence electrons. The summed E-state index contributed by atoms with van der Waals surface area (Å²) < 4.78 is 5.40. The maximum atomic E-state index is 5.40. The highest BCUT2D eigenvalue weighted by atomic mass is 16.5. The second-order valence-electron chi connectivity index (χ2n) is 4.77. The average molecular weight is 254 g/mol. The number of hydrogen-bond donors (Lipinski definition) is 1. The fourth-order valence-electron chi connectivity index (χ4n) is 2.51. The van der Waals surface area contributed by atoms with Gasteiger partial charge < -0.3 is 10.1 Å². The van der Waals surface area contributed by atoms with Gasteiger partial charge in [0.2, 0.25) is 5.88 Å². The molecule has 2 aromatic rings. The predicted molar refractivity (Wildman–Crippen MR) is 76.8 cm³/mol. The van der Waals surface area contributed by atoms with Crippen molar-refractivity contribution in [3.05, 3.63) is 53.6 Å². The number of pyridine rings is 1. The zero-order chi connectivity index (χ0) is 13.1. The molecule has 0 aliphatic heterocycles. The van der Waals surface area contributed by atoms with Gasteiger partial charge in [0.05, 0.1) is 6.61 Å². The third-order valence-corrected chi connectivity index (χ3v) is 3.51. The number of benzene rings is 1. The minimum absolute atomic E-state index is 0.605. The molecule has 3 rings (SSSR count). The van der Waals surface area contributed by atoms with E-state index in [9.17, 15) is 0 Å². The molecule has 1 aromatic carbocycles. The molecule has 19 heavy (non-hydrogen) atoms. The van der Waals surface area contributed by atoms with Gasteiger partial charge in [0.15, 0.2) is 0 Å². The molecule has 1 aromatic heterocycles. The molecular weight excluding hydrogens is 236 g/mol. The van der Waals surface area contributed by atoms with Gasteiger partial charge in [-0.3, -0.25) is 0 Å². The van der Waals surface area contributed by atoms with Crippen LogP contribution in [0.3, 0.4) is 0 Å². The predicted octanol–water partition coefficient (Wildman–Crippen LogP) is 3.23. The minimum atomic E-state index is 0.605. The van der Waals surface area contributed by atoms with E-state index in [0.717, 1.165) is 18.8 Å². The lowest BCUT2D eigenvalue weighted by Gasteiger charge is -2.30. The number of nitrogens with one attached hydrogen (secondary N) is 1. The van der Waals surface area contributed by atoms with Crippen LogP contribution >= 0.6 is 0 Å². The summed E-state index contributed by atoms with van der Waals surface area (Å²) in [6.07, 6.45) is 1.16. The van der Waals surface area contributed by atoms with Gasteiger partial charge in [0, 0.05) is 18.5 Å². The maximum Gasteiger partial charge on any atom is 0.215 e. The van der Waals surface area contributed by atoms with Crippen molar-refractivity contribution < 1.29 is 4.74 Å². The molecule has 0 radical (unpaired) electrons. The van der Waals surface area contributed by atoms with E-state index in [2.05, 4.69) is 34.6 Å². The third-order valence-electron chi connectivity index (χ3n) is 3.51. The van der Waals surface area contributed by atoms with Crippen molar-refractivity contribution >= 4 is 5.82 Å². The molecule has 1 atom stereocenters. The Kier molecular flexibility index (Phi) is 3.36. The Balaban J connectivity index is 1.60. The molecule has 0 bridgehead atoms. The Morgan fingerprint density at radius 3 is 2.95 bits per heavy atom. The van der Waals surface area contributed by atoms with E-state index in [-0.39, 0.29) is 0 Å². The summed E-state index contributed by atoms with van der Waals surface area (Å²) in [4.78, 5) is 4.42. The lowest BCUT2D eigenvalue weighted by Crippen LogP contribution is -2.24. The van der Waals surface area contributed by atoms with Crippen molar-refractivity contribution in [1.82, 2.24) is 4.98 Å². The summed E-state index contributed by atoms with van der Waals surface area (Å²) >= 11 is 0. The van der Waals surface area contributed by atoms with E-state index in [4.69, 9.17) is 4.74 Å². The van der Waals surface area contributed by atoms with Crippen molar-refractivity contribution in [2.75, 3.05) is 18.5 Å². The number of aromatic nitrogens is 1. The highest BCUT2D eigenvalue weighted by molar-refractivity contribution is 5.43. The van der Waals surface area contributed by atoms with Crippen LogP contribution in [0.15, 0.2) is 42.5 Å². The lowest BCUT2D eigenvalue weighted by atomic mass is 9.77. The number of nitrogens with zero attached hydrogens (tertiary/aromatic N) is 1. The number of rotatable bonds is 5. The van der Waals surface area contributed by atoms with E-state index >= 15 is 0 Å². The third kappa shape index (κ3) is 2.55. The van der Waals surface area contributed by atoms with Gasteiger partial charge in [-0.2, -0.15) is 4.98 Å². The van der Waals surface area contributed by atoms with E-state index < -0.39 is 0 Å². The maximum absolute atomic E-state index is 5.40. The molecule has 0 fully saturated rings. The first-order valence-electron chi connectivity index (χ1n) is 6.78. The van der Waals surface area contributed by atoms with Crippen LogP contribution in [-0.4, -0.2) is 18.1 Å². The fourth-order valence-corrected chi connectivity index (χ4v) is 2.51. The monoisotopic (exact) mass is 254 g/mol. The van der Waals surface area contributed by atoms with E-state index in [0.29, 0.717) is 18.4 Å². The summed E-state index contributed by atoms with van der Waals surface area (Å²) in [6, 6.07) is 14.5. The highest BCUT2D eigenvalue weighted by Gasteiger charge is 2.24. The summed E-state index contributed by atoms with van der Waals surface area (Å²) in [5, 5.41) is 3.40. The van der Waals surface area contributed by atoms with Gasteiger partial charge in [-0.25, -0.2) is 0 Å². The first-order chi connectivity index (χ1) is 9.36. The number of ether oxygens (including phenoxy) is 1. The van der Waals surface area contributed by atoms with Crippen LogP contribution in [-0.2, 0) is 6.42 Å². The van der Waals surface area contributed by atoms with Gasteiger partial charge in [-0.15, -0.1) is 0 Å². The normalized spacial score (nSPS) is 16.4. The summed E-state index contributed by atoms with van der Waals surface area (Å²) in [7, 11) is 0. The van der Waals surface area contributed by atoms with Crippen molar-refractivity contribution in [2.24, 2.45) is 0 Å². The molecule has 3 heteroatoms. The summed E-state index contributed by atoms with van der Waals surface area (Å²) in [5.74, 6) is 2.17. The fraction of sp³-hybridized carbons (Fsp3) is 0.312. The van der Waals surface area contributed by atoms with E-state index in [1.54, 1.807) is 0 Å². The standard InChI is InChI=1S/C16H18N2O/c1-2-19-16-9-5-8-15(18-16)17-11-13-10-12-6-3-4-7-14(12)13/h3-9,13H,2,10-11H2,1H3,(H,17,18). The number of hydrogen-bond acceptors (Lipinski definition) is 3. The molecule has 1 heterocycles. The van der Waals surface area contributed by atoms with E-state index in [1.165, 1.54) is 11.1 Å². The second-order valence-corrected chi connectivity index (χ2v) is 4.77. The molecule has 0 saturated carbocycles. The van der Waals surface area contributed by atoms with Crippen LogP contribution in [0.1, 0.15) is 24.0 Å². The SMILES string of the molecule is CCOc1cccc(NCC2Cc3ccccc32)n1. The van der Waals surface area contributed by atoms with Crippen LogP contribution in [0, 0.1) is 0 Å². The molecule has 1 N–H and O–H groups in total. The summed E-state index contributed by atoms with van der Waals surface area (Å²) in [5.41, 5.74) is 2.95. The Morgan fingerprint density at radius 2 is 2.11 bits per heavy atom. The molecule has 0 spiro atoms. The van der Waals surface area contributed by atoms with Gasteiger partial charge in [0.25, 0.3) is 0 Å². The molecule has 3 nitrogen and oxygen atoms in total. The highest BCUT2D eigenvalue weighted by Crippen LogP contribution is 2.34. The van der Waals surface area contributed by atoms with Crippen LogP contribution in [0.2, 0.25) is 0 Å². The lowest BCUT2D eigenvalue weighted by molar-refractivity contribution is 0.327. The van der Waals surface area contributed by atoms with Crippen LogP contribution in [0.4, 0.5) is 5.82 Å².